The van der Waals surface area contributed by atoms with Crippen LogP contribution in [0.3, 0.4) is 0 Å². The number of fused-ring (bicyclic) bond motifs is 6. The van der Waals surface area contributed by atoms with Gasteiger partial charge in [-0.15, -0.1) is 0 Å². The van der Waals surface area contributed by atoms with Crippen molar-refractivity contribution in [1.82, 2.24) is 0 Å². The topological polar surface area (TPSA) is 18.5 Å². The Bertz CT molecular complexity index is 1400. The summed E-state index contributed by atoms with van der Waals surface area (Å²) in [6.45, 7) is 13.1. The fourth-order valence-corrected chi connectivity index (χ4v) is 5.41. The Morgan fingerprint density at radius 1 is 0.594 bits per heavy atom. The first-order valence-corrected chi connectivity index (χ1v) is 11.5. The SMILES string of the molecule is CC1(C)c2ccccc2-c2cc3ccc4cc(B5OC(C)(C)C(C)(C)O5)ccc4c3cc21. The third-order valence-electron chi connectivity index (χ3n) is 8.09. The molecule has 4 aromatic carbocycles. The average Bonchev–Trinajstić information content (AvgIpc) is 3.12. The molecule has 0 spiro atoms. The van der Waals surface area contributed by atoms with Gasteiger partial charge in [0, 0.05) is 5.41 Å². The van der Waals surface area contributed by atoms with Gasteiger partial charge in [0.25, 0.3) is 0 Å². The van der Waals surface area contributed by atoms with Crippen LogP contribution in [0, 0.1) is 0 Å². The lowest BCUT2D eigenvalue weighted by atomic mass is 9.77. The van der Waals surface area contributed by atoms with Gasteiger partial charge in [0.05, 0.1) is 11.2 Å². The molecule has 0 atom stereocenters. The van der Waals surface area contributed by atoms with Crippen LogP contribution in [0.4, 0.5) is 0 Å². The quantitative estimate of drug-likeness (QED) is 0.255. The van der Waals surface area contributed by atoms with Crippen molar-refractivity contribution in [2.45, 2.75) is 58.2 Å². The summed E-state index contributed by atoms with van der Waals surface area (Å²) >= 11 is 0. The minimum atomic E-state index is -0.339. The van der Waals surface area contributed by atoms with Crippen molar-refractivity contribution < 1.29 is 9.31 Å². The molecule has 0 bridgehead atoms. The molecule has 0 N–H and O–H groups in total. The van der Waals surface area contributed by atoms with Crippen molar-refractivity contribution in [3.63, 3.8) is 0 Å². The van der Waals surface area contributed by atoms with Crippen LogP contribution in [-0.4, -0.2) is 18.3 Å². The van der Waals surface area contributed by atoms with Crippen molar-refractivity contribution in [1.29, 1.82) is 0 Å². The minimum Gasteiger partial charge on any atom is -0.399 e. The largest absolute Gasteiger partial charge is 0.494 e. The molecule has 1 heterocycles. The van der Waals surface area contributed by atoms with Gasteiger partial charge in [-0.25, -0.2) is 0 Å². The lowest BCUT2D eigenvalue weighted by molar-refractivity contribution is 0.00578. The second-order valence-electron chi connectivity index (χ2n) is 10.9. The fourth-order valence-electron chi connectivity index (χ4n) is 5.41. The van der Waals surface area contributed by atoms with E-state index < -0.39 is 0 Å². The third kappa shape index (κ3) is 2.61. The Morgan fingerprint density at radius 3 is 1.97 bits per heavy atom. The number of rotatable bonds is 1. The van der Waals surface area contributed by atoms with Gasteiger partial charge in [0.2, 0.25) is 0 Å². The number of hydrogen-bond acceptors (Lipinski definition) is 2. The molecule has 0 unspecified atom stereocenters. The highest BCUT2D eigenvalue weighted by atomic mass is 16.7. The van der Waals surface area contributed by atoms with Crippen molar-refractivity contribution in [3.05, 3.63) is 77.9 Å². The Morgan fingerprint density at radius 2 is 1.25 bits per heavy atom. The molecule has 0 aromatic heterocycles. The summed E-state index contributed by atoms with van der Waals surface area (Å²) in [5.74, 6) is 0. The van der Waals surface area contributed by atoms with Gasteiger partial charge >= 0.3 is 7.12 Å². The van der Waals surface area contributed by atoms with Gasteiger partial charge in [-0.2, -0.15) is 0 Å². The fraction of sp³-hybridized carbons (Fsp3) is 0.310. The number of hydrogen-bond donors (Lipinski definition) is 0. The van der Waals surface area contributed by atoms with Crippen LogP contribution in [-0.2, 0) is 14.7 Å². The van der Waals surface area contributed by atoms with Crippen molar-refractivity contribution in [2.75, 3.05) is 0 Å². The second kappa shape index (κ2) is 6.24. The molecule has 1 fully saturated rings. The van der Waals surface area contributed by atoms with Crippen LogP contribution in [0.2, 0.25) is 0 Å². The van der Waals surface area contributed by atoms with Gasteiger partial charge in [0.15, 0.2) is 0 Å². The summed E-state index contributed by atoms with van der Waals surface area (Å²) in [6.07, 6.45) is 0. The van der Waals surface area contributed by atoms with Gasteiger partial charge in [-0.3, -0.25) is 0 Å². The van der Waals surface area contributed by atoms with E-state index in [1.165, 1.54) is 43.8 Å². The molecule has 1 aliphatic carbocycles. The molecule has 0 saturated carbocycles. The molecule has 0 radical (unpaired) electrons. The highest BCUT2D eigenvalue weighted by molar-refractivity contribution is 6.62. The van der Waals surface area contributed by atoms with Crippen LogP contribution in [0.25, 0.3) is 32.7 Å². The summed E-state index contributed by atoms with van der Waals surface area (Å²) in [6, 6.07) is 24.7. The van der Waals surface area contributed by atoms with E-state index in [1.807, 2.05) is 0 Å². The predicted octanol–water partition coefficient (Wildman–Crippen LogP) is 6.60. The van der Waals surface area contributed by atoms with Crippen molar-refractivity contribution in [2.24, 2.45) is 0 Å². The van der Waals surface area contributed by atoms with E-state index in [2.05, 4.69) is 108 Å². The van der Waals surface area contributed by atoms with Crippen molar-refractivity contribution >= 4 is 34.1 Å². The second-order valence-corrected chi connectivity index (χ2v) is 10.9. The Kier molecular flexibility index (Phi) is 3.91. The van der Waals surface area contributed by atoms with Gasteiger partial charge < -0.3 is 9.31 Å². The van der Waals surface area contributed by atoms with Crippen LogP contribution in [0.5, 0.6) is 0 Å². The maximum Gasteiger partial charge on any atom is 0.494 e. The molecule has 6 rings (SSSR count). The van der Waals surface area contributed by atoms with Gasteiger partial charge in [-0.1, -0.05) is 68.4 Å². The van der Waals surface area contributed by atoms with E-state index in [0.717, 1.165) is 5.46 Å². The molecule has 1 aliphatic heterocycles. The zero-order valence-electron chi connectivity index (χ0n) is 19.7. The summed E-state index contributed by atoms with van der Waals surface area (Å²) in [7, 11) is -0.339. The van der Waals surface area contributed by atoms with E-state index >= 15 is 0 Å². The molecule has 2 nitrogen and oxygen atoms in total. The molecule has 1 saturated heterocycles. The van der Waals surface area contributed by atoms with Crippen molar-refractivity contribution in [3.8, 4) is 11.1 Å². The smallest absolute Gasteiger partial charge is 0.399 e. The lowest BCUT2D eigenvalue weighted by Gasteiger charge is -2.32. The molecule has 2 aliphatic rings. The summed E-state index contributed by atoms with van der Waals surface area (Å²) in [5, 5.41) is 5.09. The zero-order valence-corrected chi connectivity index (χ0v) is 19.7. The van der Waals surface area contributed by atoms with Crippen LogP contribution in [0.15, 0.2) is 66.7 Å². The average molecular weight is 420 g/mol. The summed E-state index contributed by atoms with van der Waals surface area (Å²) in [5.41, 5.74) is 5.96. The Balaban J connectivity index is 1.50. The lowest BCUT2D eigenvalue weighted by Crippen LogP contribution is -2.41. The monoisotopic (exact) mass is 420 g/mol. The predicted molar refractivity (Wildman–Crippen MR) is 135 cm³/mol. The first-order chi connectivity index (χ1) is 15.1. The van der Waals surface area contributed by atoms with Crippen LogP contribution < -0.4 is 5.46 Å². The Labute approximate surface area is 190 Å². The Hall–Kier alpha value is -2.62. The molecular weight excluding hydrogens is 391 g/mol. The molecule has 4 aromatic rings. The minimum absolute atomic E-state index is 0.00488. The van der Waals surface area contributed by atoms with E-state index in [-0.39, 0.29) is 23.7 Å². The highest BCUT2D eigenvalue weighted by Crippen LogP contribution is 2.50. The van der Waals surface area contributed by atoms with E-state index in [1.54, 1.807) is 0 Å². The first-order valence-electron chi connectivity index (χ1n) is 11.5. The third-order valence-corrected chi connectivity index (χ3v) is 8.09. The number of benzene rings is 4. The standard InChI is InChI=1S/C29H29BO2/c1-27(2)25-10-8-7-9-22(25)24-16-19-12-11-18-15-20(13-14-21(18)23(19)17-26(24)27)30-31-28(3,4)29(5,6)32-30/h7-17H,1-6H3. The maximum absolute atomic E-state index is 6.29. The van der Waals surface area contributed by atoms with Gasteiger partial charge in [-0.05, 0) is 89.1 Å². The maximum atomic E-state index is 6.29. The van der Waals surface area contributed by atoms with Crippen LogP contribution in [0.1, 0.15) is 52.7 Å². The van der Waals surface area contributed by atoms with Gasteiger partial charge in [0.1, 0.15) is 0 Å². The zero-order chi connectivity index (χ0) is 22.5. The normalized spacial score (nSPS) is 20.0. The molecular formula is C29H29BO2. The van der Waals surface area contributed by atoms with E-state index in [0.29, 0.717) is 0 Å². The summed E-state index contributed by atoms with van der Waals surface area (Å²) in [4.78, 5) is 0. The van der Waals surface area contributed by atoms with Crippen LogP contribution >= 0.6 is 0 Å². The molecule has 32 heavy (non-hydrogen) atoms. The summed E-state index contributed by atoms with van der Waals surface area (Å²) < 4.78 is 12.6. The van der Waals surface area contributed by atoms with E-state index in [9.17, 15) is 0 Å². The molecule has 160 valence electrons. The molecule has 3 heteroatoms. The van der Waals surface area contributed by atoms with E-state index in [4.69, 9.17) is 9.31 Å². The highest BCUT2D eigenvalue weighted by Gasteiger charge is 2.51. The molecule has 0 amide bonds. The first kappa shape index (κ1) is 20.0.